The smallest absolute Gasteiger partial charge is 0.272 e. The van der Waals surface area contributed by atoms with E-state index in [1.807, 2.05) is 26.0 Å². The van der Waals surface area contributed by atoms with Crippen molar-refractivity contribution < 1.29 is 9.59 Å². The van der Waals surface area contributed by atoms with Gasteiger partial charge in [0.1, 0.15) is 10.1 Å². The van der Waals surface area contributed by atoms with Gasteiger partial charge in [0.2, 0.25) is 0 Å². The fraction of sp³-hybridized carbons (Fsp3) is 0.333. The van der Waals surface area contributed by atoms with Gasteiger partial charge in [-0.25, -0.2) is 0 Å². The number of amides is 2. The van der Waals surface area contributed by atoms with Crippen molar-refractivity contribution in [3.8, 4) is 0 Å². The van der Waals surface area contributed by atoms with E-state index in [0.29, 0.717) is 5.02 Å². The van der Waals surface area contributed by atoms with Crippen molar-refractivity contribution in [2.45, 2.75) is 19.8 Å². The molecule has 6 heteroatoms. The van der Waals surface area contributed by atoms with E-state index in [9.17, 15) is 9.59 Å². The van der Waals surface area contributed by atoms with Crippen molar-refractivity contribution in [1.29, 1.82) is 0 Å². The molecule has 1 aliphatic rings. The molecule has 0 saturated heterocycles. The van der Waals surface area contributed by atoms with Crippen molar-refractivity contribution in [2.24, 2.45) is 5.92 Å². The van der Waals surface area contributed by atoms with E-state index in [1.54, 1.807) is 12.1 Å². The molecule has 1 aliphatic heterocycles. The summed E-state index contributed by atoms with van der Waals surface area (Å²) in [5, 5.41) is 0.225. The van der Waals surface area contributed by atoms with Crippen molar-refractivity contribution in [3.05, 3.63) is 44.9 Å². The summed E-state index contributed by atoms with van der Waals surface area (Å²) in [5.74, 6) is -0.857. The topological polar surface area (TPSA) is 37.4 Å². The molecule has 0 bridgehead atoms. The van der Waals surface area contributed by atoms with Gasteiger partial charge in [0.15, 0.2) is 0 Å². The van der Waals surface area contributed by atoms with Gasteiger partial charge in [0, 0.05) is 17.5 Å². The van der Waals surface area contributed by atoms with Crippen LogP contribution in [0.2, 0.25) is 5.02 Å². The minimum Gasteiger partial charge on any atom is -0.272 e. The molecule has 3 nitrogen and oxygen atoms in total. The predicted molar refractivity (Wildman–Crippen MR) is 84.5 cm³/mol. The Morgan fingerprint density at radius 2 is 1.43 bits per heavy atom. The van der Waals surface area contributed by atoms with Crippen LogP contribution in [0.15, 0.2) is 34.3 Å². The summed E-state index contributed by atoms with van der Waals surface area (Å²) in [6, 6.07) is 7.37. The number of carbonyl (C=O) groups excluding carboxylic acids is 2. The van der Waals surface area contributed by atoms with E-state index < -0.39 is 11.8 Å². The zero-order chi connectivity index (χ0) is 15.7. The normalized spacial score (nSPS) is 17.1. The highest BCUT2D eigenvalue weighted by Crippen LogP contribution is 2.32. The summed E-state index contributed by atoms with van der Waals surface area (Å²) >= 11 is 17.4. The van der Waals surface area contributed by atoms with Crippen LogP contribution in [-0.2, 0) is 9.59 Å². The molecule has 0 radical (unpaired) electrons. The van der Waals surface area contributed by atoms with Crippen molar-refractivity contribution in [3.63, 3.8) is 0 Å². The molecule has 112 valence electrons. The molecule has 0 fully saturated rings. The molecule has 1 atom stereocenters. The van der Waals surface area contributed by atoms with Gasteiger partial charge in [-0.2, -0.15) is 0 Å². The number of imide groups is 1. The van der Waals surface area contributed by atoms with Crippen molar-refractivity contribution in [2.75, 3.05) is 6.54 Å². The highest BCUT2D eigenvalue weighted by atomic mass is 35.5. The van der Waals surface area contributed by atoms with Crippen LogP contribution in [0.3, 0.4) is 0 Å². The second kappa shape index (κ2) is 6.39. The van der Waals surface area contributed by atoms with Crippen LogP contribution in [0, 0.1) is 5.92 Å². The van der Waals surface area contributed by atoms with Crippen LogP contribution in [0.5, 0.6) is 0 Å². The fourth-order valence-corrected chi connectivity index (χ4v) is 2.78. The molecule has 1 aromatic rings. The molecule has 0 aliphatic carbocycles. The number of nitrogens with zero attached hydrogens (tertiary/aromatic N) is 1. The van der Waals surface area contributed by atoms with Crippen LogP contribution >= 0.6 is 34.8 Å². The second-order valence-corrected chi connectivity index (χ2v) is 6.44. The first-order chi connectivity index (χ1) is 9.82. The summed E-state index contributed by atoms with van der Waals surface area (Å²) in [4.78, 5) is 25.1. The Morgan fingerprint density at radius 1 is 0.952 bits per heavy atom. The first kappa shape index (κ1) is 16.3. The lowest BCUT2D eigenvalue weighted by atomic mass is 9.88. The van der Waals surface area contributed by atoms with Crippen LogP contribution in [0.4, 0.5) is 0 Å². The molecule has 2 rings (SSSR count). The Balaban J connectivity index is 2.25. The third kappa shape index (κ3) is 3.25. The van der Waals surface area contributed by atoms with E-state index in [2.05, 4.69) is 0 Å². The quantitative estimate of drug-likeness (QED) is 0.768. The van der Waals surface area contributed by atoms with Crippen LogP contribution < -0.4 is 0 Å². The highest BCUT2D eigenvalue weighted by molar-refractivity contribution is 6.58. The zero-order valence-electron chi connectivity index (χ0n) is 11.6. The molecule has 1 aromatic carbocycles. The summed E-state index contributed by atoms with van der Waals surface area (Å²) in [5.41, 5.74) is 1.01. The number of benzene rings is 1. The van der Waals surface area contributed by atoms with E-state index in [1.165, 1.54) is 0 Å². The molecule has 21 heavy (non-hydrogen) atoms. The Kier molecular flexibility index (Phi) is 4.97. The average Bonchev–Trinajstić information content (AvgIpc) is 2.62. The molecular weight excluding hydrogens is 333 g/mol. The standard InChI is InChI=1S/C15H14Cl3NO2/c1-8(2)11(9-3-5-10(16)6-4-9)7-19-14(20)12(17)13(18)15(19)21/h3-6,8,11H,7H2,1-2H3. The van der Waals surface area contributed by atoms with E-state index in [0.717, 1.165) is 10.5 Å². The molecule has 1 unspecified atom stereocenters. The van der Waals surface area contributed by atoms with Gasteiger partial charge < -0.3 is 0 Å². The number of rotatable bonds is 4. The molecule has 0 aromatic heterocycles. The van der Waals surface area contributed by atoms with Crippen LogP contribution in [-0.4, -0.2) is 23.3 Å². The molecule has 0 spiro atoms. The van der Waals surface area contributed by atoms with Gasteiger partial charge in [-0.05, 0) is 23.6 Å². The first-order valence-electron chi connectivity index (χ1n) is 6.49. The fourth-order valence-electron chi connectivity index (χ4n) is 2.29. The van der Waals surface area contributed by atoms with E-state index in [4.69, 9.17) is 34.8 Å². The van der Waals surface area contributed by atoms with E-state index in [-0.39, 0.29) is 28.4 Å². The Morgan fingerprint density at radius 3 is 1.86 bits per heavy atom. The largest absolute Gasteiger partial charge is 0.274 e. The maximum Gasteiger partial charge on any atom is 0.274 e. The van der Waals surface area contributed by atoms with Crippen molar-refractivity contribution in [1.82, 2.24) is 4.90 Å². The van der Waals surface area contributed by atoms with Crippen molar-refractivity contribution >= 4 is 46.6 Å². The second-order valence-electron chi connectivity index (χ2n) is 5.25. The molecule has 0 N–H and O–H groups in total. The lowest BCUT2D eigenvalue weighted by molar-refractivity contribution is -0.137. The summed E-state index contributed by atoms with van der Waals surface area (Å²) in [7, 11) is 0. The summed E-state index contributed by atoms with van der Waals surface area (Å²) in [6.45, 7) is 4.30. The Labute approximate surface area is 138 Å². The molecular formula is C15H14Cl3NO2. The predicted octanol–water partition coefficient (Wildman–Crippen LogP) is 4.14. The highest BCUT2D eigenvalue weighted by Gasteiger charge is 2.38. The summed E-state index contributed by atoms with van der Waals surface area (Å²) in [6.07, 6.45) is 0. The minimum absolute atomic E-state index is 0.0119. The Hall–Kier alpha value is -1.03. The van der Waals surface area contributed by atoms with Gasteiger partial charge in [-0.3, -0.25) is 14.5 Å². The Bertz CT molecular complexity index is 584. The lowest BCUT2D eigenvalue weighted by Gasteiger charge is -2.26. The van der Waals surface area contributed by atoms with E-state index >= 15 is 0 Å². The minimum atomic E-state index is -0.536. The summed E-state index contributed by atoms with van der Waals surface area (Å²) < 4.78 is 0. The van der Waals surface area contributed by atoms with Crippen LogP contribution in [0.1, 0.15) is 25.3 Å². The first-order valence-corrected chi connectivity index (χ1v) is 7.63. The third-order valence-corrected chi connectivity index (χ3v) is 4.59. The monoisotopic (exact) mass is 345 g/mol. The number of hydrogen-bond donors (Lipinski definition) is 0. The van der Waals surface area contributed by atoms with Gasteiger partial charge in [-0.1, -0.05) is 60.8 Å². The molecule has 0 saturated carbocycles. The number of hydrogen-bond acceptors (Lipinski definition) is 2. The molecule has 2 amide bonds. The third-order valence-electron chi connectivity index (χ3n) is 3.54. The van der Waals surface area contributed by atoms with Gasteiger partial charge in [0.05, 0.1) is 0 Å². The lowest BCUT2D eigenvalue weighted by Crippen LogP contribution is -2.36. The molecule has 1 heterocycles. The SMILES string of the molecule is CC(C)C(CN1C(=O)C(Cl)=C(Cl)C1=O)c1ccc(Cl)cc1. The van der Waals surface area contributed by atoms with Crippen LogP contribution in [0.25, 0.3) is 0 Å². The van der Waals surface area contributed by atoms with Gasteiger partial charge in [-0.15, -0.1) is 0 Å². The van der Waals surface area contributed by atoms with Gasteiger partial charge >= 0.3 is 0 Å². The number of carbonyl (C=O) groups is 2. The average molecular weight is 347 g/mol. The maximum atomic E-state index is 12.0. The maximum absolute atomic E-state index is 12.0. The van der Waals surface area contributed by atoms with Gasteiger partial charge in [0.25, 0.3) is 11.8 Å². The number of halogens is 3. The zero-order valence-corrected chi connectivity index (χ0v) is 13.8.